The predicted octanol–water partition coefficient (Wildman–Crippen LogP) is -0.718. The Balaban J connectivity index is 3.32. The van der Waals surface area contributed by atoms with E-state index in [4.69, 9.17) is 0 Å². The molecule has 0 saturated carbocycles. The summed E-state index contributed by atoms with van der Waals surface area (Å²) in [5.41, 5.74) is -0.361. The molecule has 1 rings (SSSR count). The lowest BCUT2D eigenvalue weighted by atomic mass is 10.6. The van der Waals surface area contributed by atoms with E-state index in [1.807, 2.05) is 0 Å². The van der Waals surface area contributed by atoms with Gasteiger partial charge in [-0.3, -0.25) is 9.59 Å². The van der Waals surface area contributed by atoms with Crippen LogP contribution in [0, 0.1) is 0 Å². The Morgan fingerprint density at radius 1 is 1.67 bits per heavy atom. The zero-order valence-electron chi connectivity index (χ0n) is 4.52. The number of carbonyl (C=O) groups is 1. The molecule has 9 heavy (non-hydrogen) atoms. The molecule has 0 spiro atoms. The van der Waals surface area contributed by atoms with Gasteiger partial charge in [0.1, 0.15) is 6.33 Å². The molecule has 0 aliphatic carbocycles. The molecule has 0 aliphatic heterocycles. The first-order valence-corrected chi connectivity index (χ1v) is 2.32. The predicted molar refractivity (Wildman–Crippen MR) is 30.6 cm³/mol. The summed E-state index contributed by atoms with van der Waals surface area (Å²) in [6, 6.07) is 1.22. The summed E-state index contributed by atoms with van der Waals surface area (Å²) >= 11 is 0. The quantitative estimate of drug-likeness (QED) is 0.464. The third-order valence-corrected chi connectivity index (χ3v) is 0.862. The van der Waals surface area contributed by atoms with E-state index in [9.17, 15) is 9.59 Å². The van der Waals surface area contributed by atoms with Gasteiger partial charge in [-0.2, -0.15) is 0 Å². The molecule has 0 N–H and O–H groups in total. The van der Waals surface area contributed by atoms with Crippen LogP contribution in [-0.2, 0) is 4.79 Å². The minimum Gasteiger partial charge on any atom is -0.278 e. The van der Waals surface area contributed by atoms with Crippen molar-refractivity contribution in [1.29, 1.82) is 0 Å². The fourth-order valence-corrected chi connectivity index (χ4v) is 0.439. The Bertz CT molecular complexity index is 266. The molecule has 0 bridgehead atoms. The first-order valence-electron chi connectivity index (χ1n) is 2.32. The van der Waals surface area contributed by atoms with Crippen LogP contribution in [0.5, 0.6) is 0 Å². The molecular weight excluding hydrogens is 120 g/mol. The standard InChI is InChI=1S/C5H4N2O2/c8-4-7-3-6-2-1-5(7)9/h1-4H. The molecule has 46 valence electrons. The monoisotopic (exact) mass is 124 g/mol. The second kappa shape index (κ2) is 2.21. The summed E-state index contributed by atoms with van der Waals surface area (Å²) in [5.74, 6) is 0. The summed E-state index contributed by atoms with van der Waals surface area (Å²) in [6.45, 7) is 0. The largest absolute Gasteiger partial charge is 0.278 e. The average Bonchev–Trinajstić information content (AvgIpc) is 1.89. The topological polar surface area (TPSA) is 52.0 Å². The van der Waals surface area contributed by atoms with Crippen molar-refractivity contribution in [3.8, 4) is 0 Å². The Morgan fingerprint density at radius 3 is 2.89 bits per heavy atom. The van der Waals surface area contributed by atoms with Gasteiger partial charge in [0, 0.05) is 12.3 Å². The third-order valence-electron chi connectivity index (χ3n) is 0.862. The normalized spacial score (nSPS) is 8.89. The van der Waals surface area contributed by atoms with Gasteiger partial charge in [-0.05, 0) is 0 Å². The maximum absolute atomic E-state index is 10.5. The fourth-order valence-electron chi connectivity index (χ4n) is 0.439. The Morgan fingerprint density at radius 2 is 2.44 bits per heavy atom. The van der Waals surface area contributed by atoms with E-state index in [0.717, 1.165) is 10.9 Å². The van der Waals surface area contributed by atoms with Crippen LogP contribution in [-0.4, -0.2) is 16.0 Å². The van der Waals surface area contributed by atoms with E-state index in [1.165, 1.54) is 12.3 Å². The minimum absolute atomic E-state index is 0.361. The van der Waals surface area contributed by atoms with E-state index < -0.39 is 0 Å². The maximum Gasteiger partial charge on any atom is 0.259 e. The Labute approximate surface area is 50.8 Å². The van der Waals surface area contributed by atoms with Crippen molar-refractivity contribution in [3.63, 3.8) is 0 Å². The lowest BCUT2D eigenvalue weighted by Crippen LogP contribution is -2.17. The van der Waals surface area contributed by atoms with Crippen molar-refractivity contribution in [3.05, 3.63) is 28.9 Å². The molecule has 4 heteroatoms. The summed E-state index contributed by atoms with van der Waals surface area (Å²) in [4.78, 5) is 24.0. The van der Waals surface area contributed by atoms with Crippen LogP contribution in [0.1, 0.15) is 0 Å². The lowest BCUT2D eigenvalue weighted by Gasteiger charge is -1.87. The maximum atomic E-state index is 10.5. The second-order valence-electron chi connectivity index (χ2n) is 1.43. The van der Waals surface area contributed by atoms with Crippen molar-refractivity contribution < 1.29 is 4.79 Å². The van der Waals surface area contributed by atoms with Crippen LogP contribution < -0.4 is 5.56 Å². The SMILES string of the molecule is O=Cn1cnccc1=O. The van der Waals surface area contributed by atoms with Crippen LogP contribution in [0.25, 0.3) is 0 Å². The van der Waals surface area contributed by atoms with Crippen molar-refractivity contribution in [2.24, 2.45) is 0 Å². The Hall–Kier alpha value is -1.45. The number of carbonyl (C=O) groups excluding carboxylic acids is 1. The molecule has 1 heterocycles. The molecule has 0 atom stereocenters. The molecule has 0 aliphatic rings. The summed E-state index contributed by atoms with van der Waals surface area (Å²) < 4.78 is 0.861. The van der Waals surface area contributed by atoms with Crippen LogP contribution in [0.3, 0.4) is 0 Å². The Kier molecular flexibility index (Phi) is 1.40. The van der Waals surface area contributed by atoms with Crippen LogP contribution >= 0.6 is 0 Å². The minimum atomic E-state index is -0.361. The summed E-state index contributed by atoms with van der Waals surface area (Å²) in [7, 11) is 0. The zero-order chi connectivity index (χ0) is 6.69. The molecule has 0 unspecified atom stereocenters. The summed E-state index contributed by atoms with van der Waals surface area (Å²) in [5, 5.41) is 0. The van der Waals surface area contributed by atoms with Gasteiger partial charge in [0.15, 0.2) is 0 Å². The molecule has 4 nitrogen and oxygen atoms in total. The molecule has 0 fully saturated rings. The van der Waals surface area contributed by atoms with Crippen LogP contribution in [0.2, 0.25) is 0 Å². The first-order chi connectivity index (χ1) is 4.34. The highest BCUT2D eigenvalue weighted by atomic mass is 16.2. The molecule has 1 aromatic rings. The molecule has 1 aromatic heterocycles. The zero-order valence-corrected chi connectivity index (χ0v) is 4.52. The lowest BCUT2D eigenvalue weighted by molar-refractivity contribution is 0.544. The van der Waals surface area contributed by atoms with Gasteiger partial charge in [-0.1, -0.05) is 0 Å². The van der Waals surface area contributed by atoms with Crippen molar-refractivity contribution in [1.82, 2.24) is 9.55 Å². The van der Waals surface area contributed by atoms with Gasteiger partial charge in [0.25, 0.3) is 5.56 Å². The van der Waals surface area contributed by atoms with Gasteiger partial charge in [-0.15, -0.1) is 0 Å². The highest BCUT2D eigenvalue weighted by Gasteiger charge is 1.86. The molecule has 0 saturated heterocycles. The number of aromatic nitrogens is 2. The number of rotatable bonds is 1. The highest BCUT2D eigenvalue weighted by molar-refractivity contribution is 5.50. The van der Waals surface area contributed by atoms with Crippen molar-refractivity contribution in [2.45, 2.75) is 0 Å². The van der Waals surface area contributed by atoms with E-state index in [1.54, 1.807) is 0 Å². The second-order valence-corrected chi connectivity index (χ2v) is 1.43. The molecule has 0 amide bonds. The molecule has 0 aromatic carbocycles. The molecule has 0 radical (unpaired) electrons. The van der Waals surface area contributed by atoms with Gasteiger partial charge in [0.05, 0.1) is 0 Å². The number of hydrogen-bond acceptors (Lipinski definition) is 3. The molecular formula is C5H4N2O2. The van der Waals surface area contributed by atoms with E-state index in [-0.39, 0.29) is 5.56 Å². The van der Waals surface area contributed by atoms with Crippen molar-refractivity contribution in [2.75, 3.05) is 0 Å². The number of hydrogen-bond donors (Lipinski definition) is 0. The summed E-state index contributed by atoms with van der Waals surface area (Å²) in [6.07, 6.45) is 2.91. The first kappa shape index (κ1) is 5.68. The van der Waals surface area contributed by atoms with Crippen LogP contribution in [0.15, 0.2) is 23.4 Å². The highest BCUT2D eigenvalue weighted by Crippen LogP contribution is 1.66. The van der Waals surface area contributed by atoms with E-state index in [0.29, 0.717) is 6.41 Å². The third kappa shape index (κ3) is 1.02. The van der Waals surface area contributed by atoms with Gasteiger partial charge in [0.2, 0.25) is 6.41 Å². The van der Waals surface area contributed by atoms with E-state index >= 15 is 0 Å². The van der Waals surface area contributed by atoms with Gasteiger partial charge in [-0.25, -0.2) is 9.55 Å². The van der Waals surface area contributed by atoms with Gasteiger partial charge >= 0.3 is 0 Å². The van der Waals surface area contributed by atoms with Crippen LogP contribution in [0.4, 0.5) is 0 Å². The van der Waals surface area contributed by atoms with E-state index in [2.05, 4.69) is 4.98 Å². The van der Waals surface area contributed by atoms with Crippen molar-refractivity contribution >= 4 is 6.41 Å². The smallest absolute Gasteiger partial charge is 0.259 e. The van der Waals surface area contributed by atoms with Gasteiger partial charge < -0.3 is 0 Å². The average molecular weight is 124 g/mol. The fraction of sp³-hybridized carbons (Fsp3) is 0. The number of nitrogens with zero attached hydrogens (tertiary/aromatic N) is 2.